The van der Waals surface area contributed by atoms with E-state index in [2.05, 4.69) is 10.6 Å². The number of carbonyl (C=O) groups excluding carboxylic acids is 1. The van der Waals surface area contributed by atoms with Gasteiger partial charge in [0.25, 0.3) is 0 Å². The number of carbonyl (C=O) groups is 1. The summed E-state index contributed by atoms with van der Waals surface area (Å²) < 4.78 is 26.6. The zero-order valence-electron chi connectivity index (χ0n) is 12.8. The van der Waals surface area contributed by atoms with Gasteiger partial charge in [-0.25, -0.2) is 8.78 Å². The molecule has 2 aromatic rings. The lowest BCUT2D eigenvalue weighted by atomic mass is 10.1. The van der Waals surface area contributed by atoms with Crippen molar-refractivity contribution in [3.63, 3.8) is 0 Å². The largest absolute Gasteiger partial charge is 0.325 e. The maximum Gasteiger partial charge on any atom is 0.238 e. The van der Waals surface area contributed by atoms with Crippen LogP contribution in [0.25, 0.3) is 0 Å². The van der Waals surface area contributed by atoms with Gasteiger partial charge in [0.1, 0.15) is 11.6 Å². The number of anilines is 1. The second kappa shape index (κ2) is 7.53. The van der Waals surface area contributed by atoms with E-state index in [-0.39, 0.29) is 12.5 Å². The highest BCUT2D eigenvalue weighted by atomic mass is 35.5. The van der Waals surface area contributed by atoms with Crippen LogP contribution in [0.3, 0.4) is 0 Å². The third-order valence-electron chi connectivity index (χ3n) is 3.47. The van der Waals surface area contributed by atoms with E-state index in [4.69, 9.17) is 11.6 Å². The molecule has 0 saturated heterocycles. The Bertz CT molecular complexity index is 722. The highest BCUT2D eigenvalue weighted by Crippen LogP contribution is 2.20. The molecule has 0 aliphatic heterocycles. The summed E-state index contributed by atoms with van der Waals surface area (Å²) in [5, 5.41) is 6.18. The Morgan fingerprint density at radius 2 is 1.96 bits per heavy atom. The molecular weight excluding hydrogens is 322 g/mol. The Morgan fingerprint density at radius 1 is 1.22 bits per heavy atom. The minimum atomic E-state index is -0.643. The quantitative estimate of drug-likeness (QED) is 0.857. The highest BCUT2D eigenvalue weighted by Gasteiger charge is 2.13. The zero-order valence-corrected chi connectivity index (χ0v) is 13.5. The highest BCUT2D eigenvalue weighted by molar-refractivity contribution is 6.31. The van der Waals surface area contributed by atoms with Gasteiger partial charge in [-0.2, -0.15) is 0 Å². The number of amides is 1. The molecule has 0 heterocycles. The minimum Gasteiger partial charge on any atom is -0.325 e. The predicted molar refractivity (Wildman–Crippen MR) is 87.6 cm³/mol. The molecule has 0 fully saturated rings. The van der Waals surface area contributed by atoms with Gasteiger partial charge >= 0.3 is 0 Å². The molecule has 0 spiro atoms. The van der Waals surface area contributed by atoms with E-state index in [1.807, 2.05) is 13.0 Å². The van der Waals surface area contributed by atoms with Gasteiger partial charge in [0.2, 0.25) is 5.91 Å². The van der Waals surface area contributed by atoms with Crippen molar-refractivity contribution in [2.24, 2.45) is 0 Å². The molecule has 2 rings (SSSR count). The van der Waals surface area contributed by atoms with Crippen LogP contribution < -0.4 is 10.6 Å². The molecule has 0 aliphatic carbocycles. The summed E-state index contributed by atoms with van der Waals surface area (Å²) in [4.78, 5) is 12.0. The Kier molecular flexibility index (Phi) is 5.69. The van der Waals surface area contributed by atoms with Crippen molar-refractivity contribution in [1.29, 1.82) is 0 Å². The van der Waals surface area contributed by atoms with E-state index < -0.39 is 17.7 Å². The van der Waals surface area contributed by atoms with Crippen LogP contribution >= 0.6 is 11.6 Å². The first-order chi connectivity index (χ1) is 10.9. The molecule has 0 aromatic heterocycles. The van der Waals surface area contributed by atoms with E-state index in [0.717, 1.165) is 11.6 Å². The van der Waals surface area contributed by atoms with Crippen molar-refractivity contribution in [2.45, 2.75) is 19.9 Å². The van der Waals surface area contributed by atoms with Crippen LogP contribution in [0, 0.1) is 18.6 Å². The van der Waals surface area contributed by atoms with Gasteiger partial charge < -0.3 is 10.6 Å². The van der Waals surface area contributed by atoms with E-state index >= 15 is 0 Å². The lowest BCUT2D eigenvalue weighted by Crippen LogP contribution is -2.30. The van der Waals surface area contributed by atoms with E-state index in [1.165, 1.54) is 12.1 Å². The molecule has 0 radical (unpaired) electrons. The topological polar surface area (TPSA) is 41.1 Å². The van der Waals surface area contributed by atoms with Crippen molar-refractivity contribution in [1.82, 2.24) is 5.32 Å². The molecule has 0 bridgehead atoms. The SMILES string of the molecule is Cc1ccc(Cl)cc1NC(=O)CN[C@@H](C)c1ccc(F)cc1F. The lowest BCUT2D eigenvalue weighted by Gasteiger charge is -2.15. The first-order valence-corrected chi connectivity index (χ1v) is 7.49. The number of aryl methyl sites for hydroxylation is 1. The molecule has 6 heteroatoms. The second-order valence-electron chi connectivity index (χ2n) is 5.28. The summed E-state index contributed by atoms with van der Waals surface area (Å²) in [6.07, 6.45) is 0. The standard InChI is InChI=1S/C17H17ClF2N2O/c1-10-3-4-12(18)7-16(10)22-17(23)9-21-11(2)14-6-5-13(19)8-15(14)20/h3-8,11,21H,9H2,1-2H3,(H,22,23)/t11-/m0/s1. The van der Waals surface area contributed by atoms with Gasteiger partial charge in [-0.15, -0.1) is 0 Å². The Morgan fingerprint density at radius 3 is 2.65 bits per heavy atom. The van der Waals surface area contributed by atoms with Gasteiger partial charge in [0.15, 0.2) is 0 Å². The Labute approximate surface area is 138 Å². The molecule has 0 aliphatic rings. The van der Waals surface area contributed by atoms with Crippen LogP contribution in [-0.2, 0) is 4.79 Å². The maximum atomic E-state index is 13.7. The van der Waals surface area contributed by atoms with Gasteiger partial charge in [0, 0.05) is 28.4 Å². The molecule has 23 heavy (non-hydrogen) atoms. The number of hydrogen-bond donors (Lipinski definition) is 2. The number of halogens is 3. The fraction of sp³-hybridized carbons (Fsp3) is 0.235. The van der Waals surface area contributed by atoms with Gasteiger partial charge in [-0.05, 0) is 37.6 Å². The van der Waals surface area contributed by atoms with Crippen molar-refractivity contribution >= 4 is 23.2 Å². The predicted octanol–water partition coefficient (Wildman–Crippen LogP) is 4.22. The fourth-order valence-corrected chi connectivity index (χ4v) is 2.30. The summed E-state index contributed by atoms with van der Waals surface area (Å²) in [5.74, 6) is -1.55. The minimum absolute atomic E-state index is 0.00998. The molecule has 1 amide bonds. The number of hydrogen-bond acceptors (Lipinski definition) is 2. The van der Waals surface area contributed by atoms with Crippen molar-refractivity contribution < 1.29 is 13.6 Å². The van der Waals surface area contributed by atoms with Crippen molar-refractivity contribution in [3.8, 4) is 0 Å². The van der Waals surface area contributed by atoms with E-state index in [0.29, 0.717) is 16.3 Å². The average molecular weight is 339 g/mol. The molecule has 122 valence electrons. The summed E-state index contributed by atoms with van der Waals surface area (Å²) in [7, 11) is 0. The van der Waals surface area contributed by atoms with E-state index in [1.54, 1.807) is 19.1 Å². The van der Waals surface area contributed by atoms with Gasteiger partial charge in [-0.3, -0.25) is 4.79 Å². The Hall–Kier alpha value is -1.98. The first kappa shape index (κ1) is 17.4. The summed E-state index contributed by atoms with van der Waals surface area (Å²) in [6.45, 7) is 3.55. The van der Waals surface area contributed by atoms with Crippen molar-refractivity contribution in [2.75, 3.05) is 11.9 Å². The molecule has 0 saturated carbocycles. The van der Waals surface area contributed by atoms with Crippen molar-refractivity contribution in [3.05, 3.63) is 64.2 Å². The maximum absolute atomic E-state index is 13.7. The number of rotatable bonds is 5. The van der Waals surface area contributed by atoms with Gasteiger partial charge in [0.05, 0.1) is 6.54 Å². The summed E-state index contributed by atoms with van der Waals surface area (Å²) in [6, 6.07) is 8.15. The first-order valence-electron chi connectivity index (χ1n) is 7.11. The number of benzene rings is 2. The van der Waals surface area contributed by atoms with Gasteiger partial charge in [-0.1, -0.05) is 23.7 Å². The molecule has 0 unspecified atom stereocenters. The summed E-state index contributed by atoms with van der Waals surface area (Å²) >= 11 is 5.90. The molecule has 1 atom stereocenters. The Balaban J connectivity index is 1.94. The fourth-order valence-electron chi connectivity index (χ4n) is 2.13. The lowest BCUT2D eigenvalue weighted by molar-refractivity contribution is -0.115. The third-order valence-corrected chi connectivity index (χ3v) is 3.71. The second-order valence-corrected chi connectivity index (χ2v) is 5.71. The summed E-state index contributed by atoms with van der Waals surface area (Å²) in [5.41, 5.74) is 1.82. The molecule has 2 aromatic carbocycles. The van der Waals surface area contributed by atoms with E-state index in [9.17, 15) is 13.6 Å². The molecular formula is C17H17ClF2N2O. The third kappa shape index (κ3) is 4.74. The average Bonchev–Trinajstić information content (AvgIpc) is 2.48. The normalized spacial score (nSPS) is 12.0. The van der Waals surface area contributed by atoms with Crippen LogP contribution in [0.2, 0.25) is 5.02 Å². The molecule has 3 nitrogen and oxygen atoms in total. The smallest absolute Gasteiger partial charge is 0.238 e. The van der Waals surface area contributed by atoms with Crippen LogP contribution in [0.5, 0.6) is 0 Å². The van der Waals surface area contributed by atoms with Crippen LogP contribution in [0.1, 0.15) is 24.1 Å². The number of nitrogens with one attached hydrogen (secondary N) is 2. The zero-order chi connectivity index (χ0) is 17.0. The van der Waals surface area contributed by atoms with Crippen LogP contribution in [0.15, 0.2) is 36.4 Å². The van der Waals surface area contributed by atoms with Crippen LogP contribution in [-0.4, -0.2) is 12.5 Å². The monoisotopic (exact) mass is 338 g/mol. The molecule has 2 N–H and O–H groups in total. The van der Waals surface area contributed by atoms with Crippen LogP contribution in [0.4, 0.5) is 14.5 Å².